The Morgan fingerprint density at radius 2 is 1.08 bits per heavy atom. The fourth-order valence-electron chi connectivity index (χ4n) is 3.02. The lowest BCUT2D eigenvalue weighted by Gasteiger charge is -2.07. The Labute approximate surface area is 142 Å². The Kier molecular flexibility index (Phi) is 3.76. The van der Waals surface area contributed by atoms with E-state index in [2.05, 4.69) is 78.9 Å². The Hall–Kier alpha value is -3.06. The second-order valence-corrected chi connectivity index (χ2v) is 5.87. The fraction of sp³-hybridized carbons (Fsp3) is 0.0435. The molecule has 4 rings (SSSR count). The van der Waals surface area contributed by atoms with E-state index in [1.54, 1.807) is 7.11 Å². The number of ether oxygens (including phenoxy) is 1. The van der Waals surface area contributed by atoms with Crippen molar-refractivity contribution in [1.82, 2.24) is 0 Å². The average molecular weight is 310 g/mol. The average Bonchev–Trinajstić information content (AvgIpc) is 2.68. The summed E-state index contributed by atoms with van der Waals surface area (Å²) in [6, 6.07) is 31.9. The molecule has 0 fully saturated rings. The van der Waals surface area contributed by atoms with Crippen LogP contribution in [-0.4, -0.2) is 7.11 Å². The van der Waals surface area contributed by atoms with Gasteiger partial charge in [0.15, 0.2) is 0 Å². The standard InChI is InChI=1S/C23H18O/c1-24-23-14-13-20-11-12-21(15-22(20)16-23)19-9-7-18(8-10-19)17-5-3-2-4-6-17/h2-16H,1H3. The van der Waals surface area contributed by atoms with E-state index in [4.69, 9.17) is 4.74 Å². The highest BCUT2D eigenvalue weighted by molar-refractivity contribution is 5.88. The molecule has 0 saturated heterocycles. The molecule has 24 heavy (non-hydrogen) atoms. The van der Waals surface area contributed by atoms with Crippen molar-refractivity contribution in [3.05, 3.63) is 91.0 Å². The molecule has 0 bridgehead atoms. The van der Waals surface area contributed by atoms with Gasteiger partial charge in [0.05, 0.1) is 7.11 Å². The zero-order valence-electron chi connectivity index (χ0n) is 13.6. The molecular weight excluding hydrogens is 292 g/mol. The van der Waals surface area contributed by atoms with Crippen LogP contribution in [-0.2, 0) is 0 Å². The Morgan fingerprint density at radius 3 is 1.79 bits per heavy atom. The highest BCUT2D eigenvalue weighted by atomic mass is 16.5. The zero-order valence-corrected chi connectivity index (χ0v) is 13.6. The van der Waals surface area contributed by atoms with Gasteiger partial charge < -0.3 is 4.74 Å². The molecule has 0 atom stereocenters. The molecule has 0 amide bonds. The summed E-state index contributed by atoms with van der Waals surface area (Å²) in [5, 5.41) is 2.42. The first kappa shape index (κ1) is 14.5. The molecule has 4 aromatic carbocycles. The lowest BCUT2D eigenvalue weighted by Crippen LogP contribution is -1.84. The molecule has 0 aromatic heterocycles. The Bertz CT molecular complexity index is 970. The lowest BCUT2D eigenvalue weighted by molar-refractivity contribution is 0.415. The summed E-state index contributed by atoms with van der Waals surface area (Å²) < 4.78 is 5.33. The molecule has 1 heteroatoms. The molecule has 4 aromatic rings. The molecule has 0 radical (unpaired) electrons. The summed E-state index contributed by atoms with van der Waals surface area (Å²) in [5.41, 5.74) is 4.92. The number of methoxy groups -OCH3 is 1. The number of fused-ring (bicyclic) bond motifs is 1. The zero-order chi connectivity index (χ0) is 16.4. The Balaban J connectivity index is 1.71. The van der Waals surface area contributed by atoms with Gasteiger partial charge in [-0.1, -0.05) is 72.8 Å². The van der Waals surface area contributed by atoms with E-state index < -0.39 is 0 Å². The molecule has 116 valence electrons. The van der Waals surface area contributed by atoms with Gasteiger partial charge in [0, 0.05) is 0 Å². The van der Waals surface area contributed by atoms with Gasteiger partial charge in [-0.2, -0.15) is 0 Å². The molecule has 0 spiro atoms. The van der Waals surface area contributed by atoms with Crippen molar-refractivity contribution in [3.8, 4) is 28.0 Å². The van der Waals surface area contributed by atoms with Crippen molar-refractivity contribution in [3.63, 3.8) is 0 Å². The Morgan fingerprint density at radius 1 is 0.500 bits per heavy atom. The van der Waals surface area contributed by atoms with Crippen LogP contribution < -0.4 is 4.74 Å². The van der Waals surface area contributed by atoms with Crippen LogP contribution in [0.1, 0.15) is 0 Å². The molecular formula is C23H18O. The molecule has 0 aliphatic carbocycles. The van der Waals surface area contributed by atoms with E-state index in [1.807, 2.05) is 12.1 Å². The fourth-order valence-corrected chi connectivity index (χ4v) is 3.02. The van der Waals surface area contributed by atoms with Crippen LogP contribution in [0.25, 0.3) is 33.0 Å². The molecule has 0 unspecified atom stereocenters. The molecule has 0 heterocycles. The first-order chi connectivity index (χ1) is 11.8. The van der Waals surface area contributed by atoms with Gasteiger partial charge in [-0.25, -0.2) is 0 Å². The van der Waals surface area contributed by atoms with E-state index in [0.717, 1.165) is 5.75 Å². The van der Waals surface area contributed by atoms with Crippen LogP contribution in [0.3, 0.4) is 0 Å². The summed E-state index contributed by atoms with van der Waals surface area (Å²) in [6.07, 6.45) is 0. The number of hydrogen-bond donors (Lipinski definition) is 0. The lowest BCUT2D eigenvalue weighted by atomic mass is 9.98. The maximum absolute atomic E-state index is 5.33. The van der Waals surface area contributed by atoms with Crippen LogP contribution in [0.4, 0.5) is 0 Å². The van der Waals surface area contributed by atoms with Crippen molar-refractivity contribution in [1.29, 1.82) is 0 Å². The van der Waals surface area contributed by atoms with Crippen LogP contribution in [0, 0.1) is 0 Å². The molecule has 0 N–H and O–H groups in total. The summed E-state index contributed by atoms with van der Waals surface area (Å²) in [5.74, 6) is 0.888. The van der Waals surface area contributed by atoms with E-state index in [9.17, 15) is 0 Å². The summed E-state index contributed by atoms with van der Waals surface area (Å²) >= 11 is 0. The maximum atomic E-state index is 5.33. The van der Waals surface area contributed by atoms with Crippen molar-refractivity contribution < 1.29 is 4.74 Å². The molecule has 0 aliphatic rings. The summed E-state index contributed by atoms with van der Waals surface area (Å²) in [6.45, 7) is 0. The van der Waals surface area contributed by atoms with Gasteiger partial charge in [0.25, 0.3) is 0 Å². The van der Waals surface area contributed by atoms with E-state index >= 15 is 0 Å². The highest BCUT2D eigenvalue weighted by Gasteiger charge is 2.03. The van der Waals surface area contributed by atoms with Gasteiger partial charge in [-0.3, -0.25) is 0 Å². The van der Waals surface area contributed by atoms with Crippen molar-refractivity contribution in [2.75, 3.05) is 7.11 Å². The minimum atomic E-state index is 0.888. The van der Waals surface area contributed by atoms with Crippen molar-refractivity contribution in [2.45, 2.75) is 0 Å². The third kappa shape index (κ3) is 2.77. The van der Waals surface area contributed by atoms with Gasteiger partial charge in [0.1, 0.15) is 5.75 Å². The van der Waals surface area contributed by atoms with Gasteiger partial charge in [0.2, 0.25) is 0 Å². The topological polar surface area (TPSA) is 9.23 Å². The first-order valence-corrected chi connectivity index (χ1v) is 8.07. The minimum Gasteiger partial charge on any atom is -0.497 e. The second-order valence-electron chi connectivity index (χ2n) is 5.87. The number of hydrogen-bond acceptors (Lipinski definition) is 1. The molecule has 1 nitrogen and oxygen atoms in total. The smallest absolute Gasteiger partial charge is 0.119 e. The van der Waals surface area contributed by atoms with Crippen LogP contribution in [0.2, 0.25) is 0 Å². The van der Waals surface area contributed by atoms with Gasteiger partial charge >= 0.3 is 0 Å². The van der Waals surface area contributed by atoms with Crippen LogP contribution in [0.5, 0.6) is 5.75 Å². The van der Waals surface area contributed by atoms with E-state index in [0.29, 0.717) is 0 Å². The SMILES string of the molecule is COc1ccc2ccc(-c3ccc(-c4ccccc4)cc3)cc2c1. The predicted molar refractivity (Wildman–Crippen MR) is 101 cm³/mol. The van der Waals surface area contributed by atoms with E-state index in [1.165, 1.54) is 33.0 Å². The maximum Gasteiger partial charge on any atom is 0.119 e. The van der Waals surface area contributed by atoms with Crippen molar-refractivity contribution >= 4 is 10.8 Å². The predicted octanol–water partition coefficient (Wildman–Crippen LogP) is 6.18. The van der Waals surface area contributed by atoms with Gasteiger partial charge in [-0.15, -0.1) is 0 Å². The first-order valence-electron chi connectivity index (χ1n) is 8.07. The molecule has 0 aliphatic heterocycles. The summed E-state index contributed by atoms with van der Waals surface area (Å²) in [7, 11) is 1.70. The normalized spacial score (nSPS) is 10.7. The van der Waals surface area contributed by atoms with Gasteiger partial charge in [-0.05, 0) is 51.2 Å². The van der Waals surface area contributed by atoms with E-state index in [-0.39, 0.29) is 0 Å². The number of rotatable bonds is 3. The highest BCUT2D eigenvalue weighted by Crippen LogP contribution is 2.29. The number of benzene rings is 4. The monoisotopic (exact) mass is 310 g/mol. The van der Waals surface area contributed by atoms with Crippen LogP contribution >= 0.6 is 0 Å². The largest absolute Gasteiger partial charge is 0.497 e. The third-order valence-corrected chi connectivity index (χ3v) is 4.37. The van der Waals surface area contributed by atoms with Crippen molar-refractivity contribution in [2.24, 2.45) is 0 Å². The van der Waals surface area contributed by atoms with Crippen LogP contribution in [0.15, 0.2) is 91.0 Å². The summed E-state index contributed by atoms with van der Waals surface area (Å²) in [4.78, 5) is 0. The minimum absolute atomic E-state index is 0.888. The molecule has 0 saturated carbocycles. The third-order valence-electron chi connectivity index (χ3n) is 4.37. The second kappa shape index (κ2) is 6.21. The quantitative estimate of drug-likeness (QED) is 0.439.